The van der Waals surface area contributed by atoms with Crippen molar-refractivity contribution in [3.05, 3.63) is 42.2 Å². The number of alkyl halides is 2. The number of nitrogens with zero attached hydrogens (tertiary/aromatic N) is 3. The monoisotopic (exact) mass is 392 g/mol. The van der Waals surface area contributed by atoms with Crippen molar-refractivity contribution in [1.29, 1.82) is 0 Å². The predicted octanol–water partition coefficient (Wildman–Crippen LogP) is 3.03. The minimum Gasteiger partial charge on any atom is -0.447 e. The number of anilines is 1. The zero-order valence-electron chi connectivity index (χ0n) is 15.5. The van der Waals surface area contributed by atoms with Crippen LogP contribution in [-0.4, -0.2) is 55.5 Å². The molecule has 9 heteroatoms. The second kappa shape index (κ2) is 9.41. The number of halogens is 2. The third kappa shape index (κ3) is 4.92. The molecule has 1 amide bonds. The molecule has 1 aromatic heterocycles. The fourth-order valence-electron chi connectivity index (χ4n) is 3.07. The van der Waals surface area contributed by atoms with Crippen LogP contribution in [0.2, 0.25) is 0 Å². The fraction of sp³-hybridized carbons (Fsp3) is 0.421. The highest BCUT2D eigenvalue weighted by Gasteiger charge is 2.26. The number of carbonyl (C=O) groups is 1. The van der Waals surface area contributed by atoms with Gasteiger partial charge >= 0.3 is 6.09 Å². The highest BCUT2D eigenvalue weighted by molar-refractivity contribution is 5.68. The van der Waals surface area contributed by atoms with E-state index >= 15 is 0 Å². The van der Waals surface area contributed by atoms with Crippen molar-refractivity contribution >= 4 is 11.9 Å². The average Bonchev–Trinajstić information content (AvgIpc) is 3.16. The summed E-state index contributed by atoms with van der Waals surface area (Å²) in [6.07, 6.45) is 0.705. The van der Waals surface area contributed by atoms with Gasteiger partial charge in [-0.2, -0.15) is 0 Å². The van der Waals surface area contributed by atoms with Crippen LogP contribution >= 0.6 is 0 Å². The summed E-state index contributed by atoms with van der Waals surface area (Å²) in [5, 5.41) is 2.80. The van der Waals surface area contributed by atoms with Gasteiger partial charge in [-0.3, -0.25) is 4.98 Å². The molecule has 1 aromatic carbocycles. The van der Waals surface area contributed by atoms with E-state index in [1.807, 2.05) is 4.90 Å². The van der Waals surface area contributed by atoms with Crippen molar-refractivity contribution in [1.82, 2.24) is 15.3 Å². The summed E-state index contributed by atoms with van der Waals surface area (Å²) < 4.78 is 36.4. The summed E-state index contributed by atoms with van der Waals surface area (Å²) in [6.45, 7) is 1.73. The van der Waals surface area contributed by atoms with Gasteiger partial charge in [0.25, 0.3) is 6.43 Å². The molecule has 0 aliphatic carbocycles. The van der Waals surface area contributed by atoms with E-state index in [2.05, 4.69) is 15.3 Å². The molecule has 0 spiro atoms. The van der Waals surface area contributed by atoms with Crippen LogP contribution in [-0.2, 0) is 9.47 Å². The number of nitrogens with one attached hydrogen (secondary N) is 1. The minimum absolute atomic E-state index is 0.0753. The molecule has 0 saturated carbocycles. The SMILES string of the molecule is COCCOC(=O)N[C@H]1CCN(c2cncc(-c3ccccc3C(F)F)n2)C1. The van der Waals surface area contributed by atoms with Gasteiger partial charge in [-0.25, -0.2) is 18.6 Å². The number of hydrogen-bond donors (Lipinski definition) is 1. The third-order valence-corrected chi connectivity index (χ3v) is 4.45. The molecule has 0 unspecified atom stereocenters. The fourth-order valence-corrected chi connectivity index (χ4v) is 3.07. The van der Waals surface area contributed by atoms with Crippen molar-refractivity contribution in [3.63, 3.8) is 0 Å². The highest BCUT2D eigenvalue weighted by Crippen LogP contribution is 2.30. The van der Waals surface area contributed by atoms with Crippen molar-refractivity contribution in [3.8, 4) is 11.3 Å². The minimum atomic E-state index is -2.59. The average molecular weight is 392 g/mol. The Hall–Kier alpha value is -2.81. The Kier molecular flexibility index (Phi) is 6.70. The molecule has 2 aromatic rings. The molecule has 1 N–H and O–H groups in total. The maximum Gasteiger partial charge on any atom is 0.407 e. The first-order valence-corrected chi connectivity index (χ1v) is 8.95. The first-order chi connectivity index (χ1) is 13.6. The van der Waals surface area contributed by atoms with Crippen molar-refractivity contribution < 1.29 is 23.0 Å². The van der Waals surface area contributed by atoms with Gasteiger partial charge in [0.05, 0.1) is 30.7 Å². The molecular formula is C19H22F2N4O3. The van der Waals surface area contributed by atoms with Gasteiger partial charge in [0, 0.05) is 31.3 Å². The molecule has 0 bridgehead atoms. The second-order valence-corrected chi connectivity index (χ2v) is 6.36. The van der Waals surface area contributed by atoms with Crippen LogP contribution in [0.25, 0.3) is 11.3 Å². The van der Waals surface area contributed by atoms with Gasteiger partial charge < -0.3 is 19.7 Å². The van der Waals surface area contributed by atoms with Crippen LogP contribution < -0.4 is 10.2 Å². The summed E-state index contributed by atoms with van der Waals surface area (Å²) in [5.74, 6) is 0.582. The topological polar surface area (TPSA) is 76.6 Å². The van der Waals surface area contributed by atoms with E-state index in [0.717, 1.165) is 6.42 Å². The van der Waals surface area contributed by atoms with Gasteiger partial charge in [-0.15, -0.1) is 0 Å². The van der Waals surface area contributed by atoms with E-state index in [1.165, 1.54) is 19.4 Å². The Balaban J connectivity index is 1.66. The van der Waals surface area contributed by atoms with Gasteiger partial charge in [0.1, 0.15) is 12.4 Å². The predicted molar refractivity (Wildman–Crippen MR) is 99.4 cm³/mol. The lowest BCUT2D eigenvalue weighted by Crippen LogP contribution is -2.38. The molecule has 1 aliphatic heterocycles. The van der Waals surface area contributed by atoms with Crippen LogP contribution in [0.4, 0.5) is 19.4 Å². The summed E-state index contributed by atoms with van der Waals surface area (Å²) in [6, 6.07) is 6.18. The molecular weight excluding hydrogens is 370 g/mol. The number of hydrogen-bond acceptors (Lipinski definition) is 6. The van der Waals surface area contributed by atoms with Crippen molar-refractivity contribution in [2.75, 3.05) is 38.3 Å². The lowest BCUT2D eigenvalue weighted by atomic mass is 10.1. The van der Waals surface area contributed by atoms with Crippen LogP contribution in [0.3, 0.4) is 0 Å². The zero-order chi connectivity index (χ0) is 19.9. The number of carbonyl (C=O) groups excluding carboxylic acids is 1. The summed E-state index contributed by atoms with van der Waals surface area (Å²) in [7, 11) is 1.53. The third-order valence-electron chi connectivity index (χ3n) is 4.45. The highest BCUT2D eigenvalue weighted by atomic mass is 19.3. The molecule has 2 heterocycles. The number of alkyl carbamates (subject to hydrolysis) is 1. The van der Waals surface area contributed by atoms with E-state index in [4.69, 9.17) is 9.47 Å². The number of ether oxygens (including phenoxy) is 2. The number of benzene rings is 1. The van der Waals surface area contributed by atoms with Gasteiger partial charge in [0.15, 0.2) is 0 Å². The van der Waals surface area contributed by atoms with Crippen LogP contribution in [0, 0.1) is 0 Å². The summed E-state index contributed by atoms with van der Waals surface area (Å²) in [4.78, 5) is 22.4. The number of amides is 1. The Morgan fingerprint density at radius 1 is 1.32 bits per heavy atom. The number of aromatic nitrogens is 2. The molecule has 1 saturated heterocycles. The second-order valence-electron chi connectivity index (χ2n) is 6.36. The van der Waals surface area contributed by atoms with Gasteiger partial charge in [-0.05, 0) is 6.42 Å². The maximum absolute atomic E-state index is 13.3. The summed E-state index contributed by atoms with van der Waals surface area (Å²) >= 11 is 0. The van der Waals surface area contributed by atoms with Crippen LogP contribution in [0.15, 0.2) is 36.7 Å². The largest absolute Gasteiger partial charge is 0.447 e. The van der Waals surface area contributed by atoms with Crippen molar-refractivity contribution in [2.24, 2.45) is 0 Å². The molecule has 1 atom stereocenters. The van der Waals surface area contributed by atoms with Gasteiger partial charge in [0.2, 0.25) is 0 Å². The standard InChI is InChI=1S/C19H22F2N4O3/c1-27-8-9-28-19(26)23-13-6-7-25(12-13)17-11-22-10-16(24-17)14-4-2-3-5-15(14)18(20)21/h2-5,10-11,13,18H,6-9,12H2,1H3,(H,23,26)/t13-/m0/s1. The van der Waals surface area contributed by atoms with Gasteiger partial charge in [-0.1, -0.05) is 24.3 Å². The Morgan fingerprint density at radius 3 is 2.93 bits per heavy atom. The first kappa shape index (κ1) is 19.9. The number of methoxy groups -OCH3 is 1. The van der Waals surface area contributed by atoms with Crippen molar-refractivity contribution in [2.45, 2.75) is 18.9 Å². The smallest absolute Gasteiger partial charge is 0.407 e. The van der Waals surface area contributed by atoms with E-state index in [1.54, 1.807) is 24.4 Å². The molecule has 7 nitrogen and oxygen atoms in total. The van der Waals surface area contributed by atoms with Crippen LogP contribution in [0.5, 0.6) is 0 Å². The Bertz CT molecular complexity index is 806. The molecule has 0 radical (unpaired) electrons. The lowest BCUT2D eigenvalue weighted by Gasteiger charge is -2.18. The molecule has 1 fully saturated rings. The van der Waals surface area contributed by atoms with Crippen LogP contribution in [0.1, 0.15) is 18.4 Å². The maximum atomic E-state index is 13.3. The lowest BCUT2D eigenvalue weighted by molar-refractivity contribution is 0.0969. The molecule has 3 rings (SSSR count). The Labute approximate surface area is 161 Å². The van der Waals surface area contributed by atoms with E-state index in [0.29, 0.717) is 36.8 Å². The Morgan fingerprint density at radius 2 is 2.14 bits per heavy atom. The first-order valence-electron chi connectivity index (χ1n) is 8.95. The van der Waals surface area contributed by atoms with E-state index in [9.17, 15) is 13.6 Å². The van der Waals surface area contributed by atoms with E-state index in [-0.39, 0.29) is 18.2 Å². The molecule has 150 valence electrons. The normalized spacial score (nSPS) is 16.4. The number of rotatable bonds is 7. The van der Waals surface area contributed by atoms with E-state index < -0.39 is 12.5 Å². The zero-order valence-corrected chi connectivity index (χ0v) is 15.5. The quantitative estimate of drug-likeness (QED) is 0.730. The molecule has 1 aliphatic rings. The molecule has 28 heavy (non-hydrogen) atoms. The summed E-state index contributed by atoms with van der Waals surface area (Å²) in [5.41, 5.74) is 0.681.